The SMILES string of the molecule is CN(c1cc(Cl)ccc1N)C1CCSC1. The van der Waals surface area contributed by atoms with Crippen LogP contribution < -0.4 is 10.6 Å². The van der Waals surface area contributed by atoms with Crippen LogP contribution in [0, 0.1) is 0 Å². The zero-order valence-corrected chi connectivity index (χ0v) is 10.3. The van der Waals surface area contributed by atoms with E-state index in [1.54, 1.807) is 0 Å². The van der Waals surface area contributed by atoms with Gasteiger partial charge in [0, 0.05) is 23.9 Å². The van der Waals surface area contributed by atoms with Gasteiger partial charge in [0.25, 0.3) is 0 Å². The number of thioether (sulfide) groups is 1. The molecule has 2 nitrogen and oxygen atoms in total. The van der Waals surface area contributed by atoms with Crippen molar-refractivity contribution < 1.29 is 0 Å². The van der Waals surface area contributed by atoms with E-state index < -0.39 is 0 Å². The van der Waals surface area contributed by atoms with Crippen LogP contribution in [0.3, 0.4) is 0 Å². The lowest BCUT2D eigenvalue weighted by Crippen LogP contribution is -2.31. The van der Waals surface area contributed by atoms with E-state index in [0.29, 0.717) is 6.04 Å². The van der Waals surface area contributed by atoms with Gasteiger partial charge in [-0.05, 0) is 30.4 Å². The van der Waals surface area contributed by atoms with E-state index in [-0.39, 0.29) is 0 Å². The number of nitrogens with zero attached hydrogens (tertiary/aromatic N) is 1. The molecule has 82 valence electrons. The van der Waals surface area contributed by atoms with E-state index in [1.807, 2.05) is 30.0 Å². The van der Waals surface area contributed by atoms with Crippen LogP contribution in [0.5, 0.6) is 0 Å². The summed E-state index contributed by atoms with van der Waals surface area (Å²) in [7, 11) is 2.10. The molecule has 0 amide bonds. The highest BCUT2D eigenvalue weighted by molar-refractivity contribution is 7.99. The van der Waals surface area contributed by atoms with Crippen molar-refractivity contribution in [2.24, 2.45) is 0 Å². The highest BCUT2D eigenvalue weighted by Crippen LogP contribution is 2.31. The number of hydrogen-bond donors (Lipinski definition) is 1. The second-order valence-corrected chi connectivity index (χ2v) is 5.42. The zero-order chi connectivity index (χ0) is 10.8. The van der Waals surface area contributed by atoms with Gasteiger partial charge in [0.15, 0.2) is 0 Å². The third kappa shape index (κ3) is 2.34. The first-order valence-electron chi connectivity index (χ1n) is 5.04. The molecule has 0 aliphatic carbocycles. The number of hydrogen-bond acceptors (Lipinski definition) is 3. The van der Waals surface area contributed by atoms with Crippen molar-refractivity contribution in [3.8, 4) is 0 Å². The number of rotatable bonds is 2. The van der Waals surface area contributed by atoms with Gasteiger partial charge in [-0.3, -0.25) is 0 Å². The lowest BCUT2D eigenvalue weighted by molar-refractivity contribution is 0.701. The summed E-state index contributed by atoms with van der Waals surface area (Å²) in [6, 6.07) is 6.24. The van der Waals surface area contributed by atoms with Gasteiger partial charge in [0.1, 0.15) is 0 Å². The Morgan fingerprint density at radius 2 is 2.33 bits per heavy atom. The highest BCUT2D eigenvalue weighted by atomic mass is 35.5. The Kier molecular flexibility index (Phi) is 3.32. The molecular weight excluding hydrogens is 228 g/mol. The van der Waals surface area contributed by atoms with Gasteiger partial charge in [-0.15, -0.1) is 0 Å². The summed E-state index contributed by atoms with van der Waals surface area (Å²) in [6.45, 7) is 0. The average molecular weight is 243 g/mol. The lowest BCUT2D eigenvalue weighted by atomic mass is 10.2. The Balaban J connectivity index is 2.23. The largest absolute Gasteiger partial charge is 0.397 e. The lowest BCUT2D eigenvalue weighted by Gasteiger charge is -2.27. The fraction of sp³-hybridized carbons (Fsp3) is 0.455. The molecule has 1 aromatic carbocycles. The van der Waals surface area contributed by atoms with Crippen LogP contribution in [0.25, 0.3) is 0 Å². The van der Waals surface area contributed by atoms with Crippen LogP contribution in [0.2, 0.25) is 5.02 Å². The van der Waals surface area contributed by atoms with E-state index in [1.165, 1.54) is 17.9 Å². The summed E-state index contributed by atoms with van der Waals surface area (Å²) in [5.74, 6) is 2.43. The number of benzene rings is 1. The van der Waals surface area contributed by atoms with Crippen LogP contribution in [0.15, 0.2) is 18.2 Å². The second-order valence-electron chi connectivity index (χ2n) is 3.83. The predicted molar refractivity (Wildman–Crippen MR) is 70.0 cm³/mol. The Morgan fingerprint density at radius 3 is 3.00 bits per heavy atom. The molecule has 1 fully saturated rings. The van der Waals surface area contributed by atoms with Crippen LogP contribution in [0.4, 0.5) is 11.4 Å². The fourth-order valence-electron chi connectivity index (χ4n) is 1.85. The van der Waals surface area contributed by atoms with Crippen LogP contribution in [0.1, 0.15) is 6.42 Å². The van der Waals surface area contributed by atoms with Crippen molar-refractivity contribution in [3.05, 3.63) is 23.2 Å². The molecule has 1 heterocycles. The molecule has 1 saturated heterocycles. The summed E-state index contributed by atoms with van der Waals surface area (Å²) in [6.07, 6.45) is 1.23. The molecule has 4 heteroatoms. The molecule has 1 aliphatic rings. The molecule has 0 radical (unpaired) electrons. The molecule has 1 aliphatic heterocycles. The highest BCUT2D eigenvalue weighted by Gasteiger charge is 2.21. The summed E-state index contributed by atoms with van der Waals surface area (Å²) in [4.78, 5) is 2.25. The predicted octanol–water partition coefficient (Wildman–Crippen LogP) is 2.86. The first-order valence-corrected chi connectivity index (χ1v) is 6.57. The van der Waals surface area contributed by atoms with Crippen molar-refractivity contribution >= 4 is 34.7 Å². The molecule has 15 heavy (non-hydrogen) atoms. The van der Waals surface area contributed by atoms with Gasteiger partial charge in [-0.25, -0.2) is 0 Å². The van der Waals surface area contributed by atoms with Gasteiger partial charge in [-0.2, -0.15) is 11.8 Å². The van der Waals surface area contributed by atoms with Gasteiger partial charge in [0.2, 0.25) is 0 Å². The molecule has 0 aromatic heterocycles. The molecule has 1 atom stereocenters. The molecule has 0 saturated carbocycles. The minimum absolute atomic E-state index is 0.593. The molecule has 2 N–H and O–H groups in total. The Labute approximate surface area is 99.8 Å². The van der Waals surface area contributed by atoms with E-state index in [4.69, 9.17) is 17.3 Å². The minimum Gasteiger partial charge on any atom is -0.397 e. The number of nitrogen functional groups attached to an aromatic ring is 1. The smallest absolute Gasteiger partial charge is 0.0615 e. The standard InChI is InChI=1S/C11H15ClN2S/c1-14(9-4-5-15-7-9)11-6-8(12)2-3-10(11)13/h2-3,6,9H,4-5,7,13H2,1H3. The van der Waals surface area contributed by atoms with Gasteiger partial charge in [0.05, 0.1) is 11.4 Å². The molecule has 0 spiro atoms. The van der Waals surface area contributed by atoms with E-state index >= 15 is 0 Å². The first-order chi connectivity index (χ1) is 7.18. The molecular formula is C11H15ClN2S. The minimum atomic E-state index is 0.593. The number of halogens is 1. The van der Waals surface area contributed by atoms with Crippen molar-refractivity contribution in [3.63, 3.8) is 0 Å². The summed E-state index contributed by atoms with van der Waals surface area (Å²) >= 11 is 7.98. The van der Waals surface area contributed by atoms with E-state index in [2.05, 4.69) is 11.9 Å². The molecule has 0 bridgehead atoms. The Hall–Kier alpha value is -0.540. The van der Waals surface area contributed by atoms with Crippen molar-refractivity contribution in [1.82, 2.24) is 0 Å². The zero-order valence-electron chi connectivity index (χ0n) is 8.74. The topological polar surface area (TPSA) is 29.3 Å². The molecule has 1 unspecified atom stereocenters. The quantitative estimate of drug-likeness (QED) is 0.809. The van der Waals surface area contributed by atoms with E-state index in [0.717, 1.165) is 16.4 Å². The molecule has 1 aromatic rings. The van der Waals surface area contributed by atoms with Crippen LogP contribution >= 0.6 is 23.4 Å². The van der Waals surface area contributed by atoms with E-state index in [9.17, 15) is 0 Å². The van der Waals surface area contributed by atoms with Gasteiger partial charge >= 0.3 is 0 Å². The van der Waals surface area contributed by atoms with Gasteiger partial charge < -0.3 is 10.6 Å². The van der Waals surface area contributed by atoms with Gasteiger partial charge in [-0.1, -0.05) is 11.6 Å². The summed E-state index contributed by atoms with van der Waals surface area (Å²) < 4.78 is 0. The summed E-state index contributed by atoms with van der Waals surface area (Å²) in [5.41, 5.74) is 7.81. The maximum Gasteiger partial charge on any atom is 0.0615 e. The third-order valence-electron chi connectivity index (χ3n) is 2.83. The fourth-order valence-corrected chi connectivity index (χ4v) is 3.28. The second kappa shape index (κ2) is 4.54. The van der Waals surface area contributed by atoms with Crippen LogP contribution in [-0.2, 0) is 0 Å². The average Bonchev–Trinajstić information content (AvgIpc) is 2.74. The van der Waals surface area contributed by atoms with Crippen molar-refractivity contribution in [1.29, 1.82) is 0 Å². The Bertz CT molecular complexity index is 350. The third-order valence-corrected chi connectivity index (χ3v) is 4.21. The monoisotopic (exact) mass is 242 g/mol. The van der Waals surface area contributed by atoms with Crippen LogP contribution in [-0.4, -0.2) is 24.6 Å². The number of anilines is 2. The van der Waals surface area contributed by atoms with Crippen molar-refractivity contribution in [2.45, 2.75) is 12.5 Å². The molecule has 2 rings (SSSR count). The normalized spacial score (nSPS) is 20.5. The number of nitrogens with two attached hydrogens (primary N) is 1. The van der Waals surface area contributed by atoms with Crippen molar-refractivity contribution in [2.75, 3.05) is 29.2 Å². The maximum absolute atomic E-state index is 5.98. The maximum atomic E-state index is 5.98. The Morgan fingerprint density at radius 1 is 1.53 bits per heavy atom. The summed E-state index contributed by atoms with van der Waals surface area (Å²) in [5, 5.41) is 0.747. The first kappa shape index (κ1) is 11.0.